The van der Waals surface area contributed by atoms with E-state index in [1.807, 2.05) is 6.92 Å². The van der Waals surface area contributed by atoms with E-state index in [9.17, 15) is 9.59 Å². The van der Waals surface area contributed by atoms with Crippen LogP contribution in [0.4, 0.5) is 0 Å². The lowest BCUT2D eigenvalue weighted by atomic mass is 10.0. The minimum absolute atomic E-state index is 0.149. The van der Waals surface area contributed by atoms with Gasteiger partial charge in [0.1, 0.15) is 6.04 Å². The van der Waals surface area contributed by atoms with Crippen LogP contribution in [0.5, 0.6) is 0 Å². The molecule has 0 heterocycles. The van der Waals surface area contributed by atoms with E-state index in [1.54, 1.807) is 6.92 Å². The van der Waals surface area contributed by atoms with Crippen molar-refractivity contribution in [1.29, 1.82) is 0 Å². The lowest BCUT2D eigenvalue weighted by Crippen LogP contribution is -2.49. The molecule has 2 atom stereocenters. The lowest BCUT2D eigenvalue weighted by molar-refractivity contribution is -0.129. The summed E-state index contributed by atoms with van der Waals surface area (Å²) < 4.78 is 0. The third-order valence-corrected chi connectivity index (χ3v) is 3.20. The van der Waals surface area contributed by atoms with Gasteiger partial charge in [-0.2, -0.15) is 0 Å². The second kappa shape index (κ2) is 6.68. The average molecular weight is 271 g/mol. The third kappa shape index (κ3) is 4.60. The first-order valence-corrected chi connectivity index (χ1v) is 6.76. The quantitative estimate of drug-likeness (QED) is 0.588. The number of hydrogen-bond donors (Lipinski definition) is 3. The molecule has 1 saturated carbocycles. The molecule has 0 aromatic heterocycles. The number of carbonyl (C=O) groups excluding carboxylic acids is 2. The Balaban J connectivity index is 2.44. The van der Waals surface area contributed by atoms with Gasteiger partial charge < -0.3 is 16.4 Å². The zero-order chi connectivity index (χ0) is 13.7. The standard InChI is InChI=1S/C12H21N3O2S/c1-3-4-9(10(13)18)12(17)14-7(2)11(16)15-8-5-6-8/h7-9H,3-6H2,1-2H3,(H2,13,18)(H,14,17)(H,15,16). The molecule has 0 aromatic rings. The number of thiocarbonyl (C=S) groups is 1. The Labute approximate surface area is 113 Å². The molecule has 0 aromatic carbocycles. The molecule has 0 saturated heterocycles. The molecule has 6 heteroatoms. The van der Waals surface area contributed by atoms with Gasteiger partial charge in [-0.3, -0.25) is 9.59 Å². The summed E-state index contributed by atoms with van der Waals surface area (Å²) >= 11 is 4.87. The molecular formula is C12H21N3O2S. The van der Waals surface area contributed by atoms with Gasteiger partial charge in [0.15, 0.2) is 0 Å². The molecule has 0 bridgehead atoms. The van der Waals surface area contributed by atoms with Crippen LogP contribution in [0.3, 0.4) is 0 Å². The van der Waals surface area contributed by atoms with Crippen LogP contribution in [0.2, 0.25) is 0 Å². The molecule has 2 amide bonds. The zero-order valence-electron chi connectivity index (χ0n) is 10.9. The highest BCUT2D eigenvalue weighted by molar-refractivity contribution is 7.80. The van der Waals surface area contributed by atoms with Crippen LogP contribution >= 0.6 is 12.2 Å². The maximum Gasteiger partial charge on any atom is 0.242 e. The average Bonchev–Trinajstić information content (AvgIpc) is 3.08. The number of nitrogens with two attached hydrogens (primary N) is 1. The maximum absolute atomic E-state index is 11.9. The molecule has 0 aliphatic heterocycles. The summed E-state index contributed by atoms with van der Waals surface area (Å²) in [6.45, 7) is 3.62. The molecule has 1 fully saturated rings. The van der Waals surface area contributed by atoms with Crippen molar-refractivity contribution in [3.8, 4) is 0 Å². The minimum Gasteiger partial charge on any atom is -0.393 e. The summed E-state index contributed by atoms with van der Waals surface area (Å²) in [5, 5.41) is 5.50. The van der Waals surface area contributed by atoms with Crippen molar-refractivity contribution in [2.75, 3.05) is 0 Å². The summed E-state index contributed by atoms with van der Waals surface area (Å²) in [6.07, 6.45) is 3.48. The number of nitrogens with one attached hydrogen (secondary N) is 2. The fraction of sp³-hybridized carbons (Fsp3) is 0.750. The number of amides is 2. The van der Waals surface area contributed by atoms with Crippen molar-refractivity contribution in [3.63, 3.8) is 0 Å². The Kier molecular flexibility index (Phi) is 5.53. The Hall–Kier alpha value is -1.17. The monoisotopic (exact) mass is 271 g/mol. The summed E-state index contributed by atoms with van der Waals surface area (Å²) in [4.78, 5) is 23.8. The molecule has 2 unspecified atom stereocenters. The van der Waals surface area contributed by atoms with E-state index in [0.29, 0.717) is 12.5 Å². The first-order chi connectivity index (χ1) is 8.45. The predicted molar refractivity (Wildman–Crippen MR) is 74.0 cm³/mol. The Morgan fingerprint density at radius 3 is 2.44 bits per heavy atom. The van der Waals surface area contributed by atoms with Gasteiger partial charge in [0.2, 0.25) is 11.8 Å². The van der Waals surface area contributed by atoms with Crippen molar-refractivity contribution < 1.29 is 9.59 Å². The van der Waals surface area contributed by atoms with Gasteiger partial charge in [0, 0.05) is 6.04 Å². The molecule has 1 aliphatic rings. The van der Waals surface area contributed by atoms with E-state index in [1.165, 1.54) is 0 Å². The van der Waals surface area contributed by atoms with Gasteiger partial charge in [-0.05, 0) is 26.2 Å². The van der Waals surface area contributed by atoms with Crippen LogP contribution in [0.1, 0.15) is 39.5 Å². The lowest BCUT2D eigenvalue weighted by Gasteiger charge is -2.18. The summed E-state index contributed by atoms with van der Waals surface area (Å²) in [5.74, 6) is -0.895. The van der Waals surface area contributed by atoms with Crippen LogP contribution in [-0.2, 0) is 9.59 Å². The molecule has 1 aliphatic carbocycles. The van der Waals surface area contributed by atoms with Crippen LogP contribution in [-0.4, -0.2) is 28.9 Å². The molecule has 0 radical (unpaired) electrons. The molecule has 18 heavy (non-hydrogen) atoms. The Bertz CT molecular complexity index is 342. The second-order valence-electron chi connectivity index (χ2n) is 4.76. The second-order valence-corrected chi connectivity index (χ2v) is 5.23. The van der Waals surface area contributed by atoms with Gasteiger partial charge in [0.25, 0.3) is 0 Å². The van der Waals surface area contributed by atoms with Crippen molar-refractivity contribution in [2.45, 2.75) is 51.6 Å². The van der Waals surface area contributed by atoms with Crippen LogP contribution in [0.15, 0.2) is 0 Å². The van der Waals surface area contributed by atoms with Gasteiger partial charge in [0.05, 0.1) is 10.9 Å². The topological polar surface area (TPSA) is 84.2 Å². The van der Waals surface area contributed by atoms with E-state index in [0.717, 1.165) is 19.3 Å². The van der Waals surface area contributed by atoms with E-state index in [-0.39, 0.29) is 16.8 Å². The summed E-state index contributed by atoms with van der Waals surface area (Å²) in [6, 6.07) is -0.259. The minimum atomic E-state index is -0.549. The highest BCUT2D eigenvalue weighted by Crippen LogP contribution is 2.18. The fourth-order valence-electron chi connectivity index (χ4n) is 1.62. The fourth-order valence-corrected chi connectivity index (χ4v) is 1.85. The molecule has 4 N–H and O–H groups in total. The molecule has 1 rings (SSSR count). The van der Waals surface area contributed by atoms with E-state index in [4.69, 9.17) is 18.0 Å². The van der Waals surface area contributed by atoms with Crippen molar-refractivity contribution >= 4 is 29.0 Å². The molecular weight excluding hydrogens is 250 g/mol. The molecule has 102 valence electrons. The van der Waals surface area contributed by atoms with Crippen molar-refractivity contribution in [3.05, 3.63) is 0 Å². The first kappa shape index (κ1) is 14.9. The zero-order valence-corrected chi connectivity index (χ0v) is 11.7. The van der Waals surface area contributed by atoms with Gasteiger partial charge in [-0.25, -0.2) is 0 Å². The van der Waals surface area contributed by atoms with Gasteiger partial charge in [-0.15, -0.1) is 0 Å². The largest absolute Gasteiger partial charge is 0.393 e. The normalized spacial score (nSPS) is 17.7. The van der Waals surface area contributed by atoms with Gasteiger partial charge in [-0.1, -0.05) is 25.6 Å². The van der Waals surface area contributed by atoms with Crippen LogP contribution in [0.25, 0.3) is 0 Å². The Morgan fingerprint density at radius 2 is 2.00 bits per heavy atom. The smallest absolute Gasteiger partial charge is 0.242 e. The molecule has 5 nitrogen and oxygen atoms in total. The summed E-state index contributed by atoms with van der Waals surface area (Å²) in [7, 11) is 0. The van der Waals surface area contributed by atoms with E-state index >= 15 is 0 Å². The number of hydrogen-bond acceptors (Lipinski definition) is 3. The van der Waals surface area contributed by atoms with Crippen LogP contribution < -0.4 is 16.4 Å². The highest BCUT2D eigenvalue weighted by atomic mass is 32.1. The van der Waals surface area contributed by atoms with Crippen LogP contribution in [0, 0.1) is 5.92 Å². The van der Waals surface area contributed by atoms with E-state index in [2.05, 4.69) is 10.6 Å². The van der Waals surface area contributed by atoms with E-state index < -0.39 is 12.0 Å². The third-order valence-electron chi connectivity index (χ3n) is 2.91. The molecule has 0 spiro atoms. The first-order valence-electron chi connectivity index (χ1n) is 6.35. The van der Waals surface area contributed by atoms with Gasteiger partial charge >= 0.3 is 0 Å². The Morgan fingerprint density at radius 1 is 1.39 bits per heavy atom. The maximum atomic E-state index is 11.9. The number of carbonyl (C=O) groups is 2. The SMILES string of the molecule is CCCC(C(=O)NC(C)C(=O)NC1CC1)C(N)=S. The highest BCUT2D eigenvalue weighted by Gasteiger charge is 2.28. The summed E-state index contributed by atoms with van der Waals surface area (Å²) in [5.41, 5.74) is 5.54. The number of rotatable bonds is 7. The predicted octanol–water partition coefficient (Wildman–Crippen LogP) is 0.472. The van der Waals surface area contributed by atoms with Crippen molar-refractivity contribution in [1.82, 2.24) is 10.6 Å². The van der Waals surface area contributed by atoms with Crippen molar-refractivity contribution in [2.24, 2.45) is 11.7 Å².